The Kier molecular flexibility index (Phi) is 2.87. The van der Waals surface area contributed by atoms with Crippen LogP contribution in [0.2, 0.25) is 0 Å². The van der Waals surface area contributed by atoms with Crippen molar-refractivity contribution >= 4 is 22.1 Å². The number of rotatable bonds is 0. The van der Waals surface area contributed by atoms with Crippen LogP contribution in [0, 0.1) is 10.8 Å². The Hall–Kier alpha value is -2.28. The van der Waals surface area contributed by atoms with E-state index in [1.165, 1.54) is 0 Å². The van der Waals surface area contributed by atoms with Gasteiger partial charge in [-0.25, -0.2) is 0 Å². The van der Waals surface area contributed by atoms with E-state index >= 15 is 0 Å². The molecule has 0 aromatic heterocycles. The van der Waals surface area contributed by atoms with E-state index in [0.717, 1.165) is 10.8 Å². The first-order chi connectivity index (χ1) is 6.79. The van der Waals surface area contributed by atoms with Crippen molar-refractivity contribution in [3.05, 3.63) is 36.4 Å². The smallest absolute Gasteiger partial charge is 0.0627 e. The molecule has 0 unspecified atom stereocenters. The second-order valence-corrected chi connectivity index (χ2v) is 2.79. The number of nitrogens with two attached hydrogens (primary N) is 2. The number of nitrogens with zero attached hydrogens (tertiary/aromatic N) is 2. The van der Waals surface area contributed by atoms with Gasteiger partial charge in [0, 0.05) is 16.2 Å². The molecule has 0 fully saturated rings. The summed E-state index contributed by atoms with van der Waals surface area (Å²) in [5, 5.41) is 14.2. The first kappa shape index (κ1) is 9.81. The van der Waals surface area contributed by atoms with Crippen LogP contribution in [0.1, 0.15) is 0 Å². The van der Waals surface area contributed by atoms with Gasteiger partial charge >= 0.3 is 0 Å². The zero-order valence-electron chi connectivity index (χ0n) is 7.51. The molecule has 0 aliphatic heterocycles. The standard InChI is InChI=1S/C10H10N2.N2/c11-9-6-5-7-3-1-2-4-8(7)10(9)12;1-2/h1-6H,11-12H2;. The number of fused-ring (bicyclic) bond motifs is 1. The third kappa shape index (κ3) is 1.57. The molecule has 2 aromatic rings. The lowest BCUT2D eigenvalue weighted by Gasteiger charge is -2.03. The Morgan fingerprint density at radius 2 is 1.50 bits per heavy atom. The Morgan fingerprint density at radius 1 is 0.857 bits per heavy atom. The van der Waals surface area contributed by atoms with E-state index in [0.29, 0.717) is 11.4 Å². The highest BCUT2D eigenvalue weighted by molar-refractivity contribution is 5.98. The highest BCUT2D eigenvalue weighted by Crippen LogP contribution is 2.25. The average Bonchev–Trinajstić information content (AvgIpc) is 2.27. The molecule has 0 aliphatic rings. The minimum absolute atomic E-state index is 0.647. The fourth-order valence-electron chi connectivity index (χ4n) is 1.31. The van der Waals surface area contributed by atoms with Crippen molar-refractivity contribution in [3.8, 4) is 0 Å². The average molecular weight is 186 g/mol. The topological polar surface area (TPSA) is 99.6 Å². The molecular formula is C10H10N4. The van der Waals surface area contributed by atoms with Gasteiger partial charge in [0.05, 0.1) is 11.4 Å². The van der Waals surface area contributed by atoms with Crippen LogP contribution in [0.25, 0.3) is 10.8 Å². The lowest BCUT2D eigenvalue weighted by Crippen LogP contribution is -1.94. The van der Waals surface area contributed by atoms with E-state index in [1.54, 1.807) is 0 Å². The molecule has 70 valence electrons. The van der Waals surface area contributed by atoms with E-state index in [-0.39, 0.29) is 0 Å². The van der Waals surface area contributed by atoms with Crippen molar-refractivity contribution in [2.45, 2.75) is 0 Å². The molecule has 0 bridgehead atoms. The van der Waals surface area contributed by atoms with E-state index in [4.69, 9.17) is 22.3 Å². The number of nitrogen functional groups attached to an aromatic ring is 2. The maximum absolute atomic E-state index is 6.00. The Bertz CT molecular complexity index is 462. The summed E-state index contributed by atoms with van der Waals surface area (Å²) >= 11 is 0. The first-order valence-electron chi connectivity index (χ1n) is 4.02. The monoisotopic (exact) mass is 186 g/mol. The van der Waals surface area contributed by atoms with Gasteiger partial charge in [0.1, 0.15) is 0 Å². The highest BCUT2D eigenvalue weighted by Gasteiger charge is 1.98. The molecule has 0 aliphatic carbocycles. The van der Waals surface area contributed by atoms with Crippen molar-refractivity contribution in [2.24, 2.45) is 0 Å². The van der Waals surface area contributed by atoms with E-state index in [9.17, 15) is 0 Å². The maximum Gasteiger partial charge on any atom is 0.0627 e. The lowest BCUT2D eigenvalue weighted by atomic mass is 10.1. The predicted molar refractivity (Wildman–Crippen MR) is 56.2 cm³/mol. The molecule has 14 heavy (non-hydrogen) atoms. The summed E-state index contributed by atoms with van der Waals surface area (Å²) in [5.74, 6) is 0. The van der Waals surface area contributed by atoms with Crippen molar-refractivity contribution in [1.29, 1.82) is 10.8 Å². The molecule has 0 atom stereocenters. The van der Waals surface area contributed by atoms with Crippen LogP contribution in [0.5, 0.6) is 0 Å². The summed E-state index contributed by atoms with van der Waals surface area (Å²) in [7, 11) is 0. The normalized spacial score (nSPS) is 9.00. The van der Waals surface area contributed by atoms with E-state index in [1.807, 2.05) is 36.4 Å². The number of anilines is 2. The number of benzene rings is 2. The molecule has 4 heteroatoms. The van der Waals surface area contributed by atoms with E-state index < -0.39 is 0 Å². The van der Waals surface area contributed by atoms with E-state index in [2.05, 4.69) is 0 Å². The molecule has 0 heterocycles. The van der Waals surface area contributed by atoms with Crippen LogP contribution in [0.4, 0.5) is 11.4 Å². The first-order valence-corrected chi connectivity index (χ1v) is 4.02. The minimum Gasteiger partial charge on any atom is -0.397 e. The van der Waals surface area contributed by atoms with Crippen LogP contribution in [0.3, 0.4) is 0 Å². The summed E-state index contributed by atoms with van der Waals surface area (Å²) < 4.78 is 0. The molecule has 2 aromatic carbocycles. The molecule has 0 amide bonds. The van der Waals surface area contributed by atoms with Crippen molar-refractivity contribution in [3.63, 3.8) is 0 Å². The Labute approximate surface area is 81.5 Å². The third-order valence-electron chi connectivity index (χ3n) is 2.00. The van der Waals surface area contributed by atoms with Crippen LogP contribution < -0.4 is 11.5 Å². The van der Waals surface area contributed by atoms with Gasteiger partial charge in [0.2, 0.25) is 0 Å². The molecule has 2 rings (SSSR count). The second-order valence-electron chi connectivity index (χ2n) is 2.79. The van der Waals surface area contributed by atoms with Gasteiger partial charge < -0.3 is 11.5 Å². The largest absolute Gasteiger partial charge is 0.397 e. The Morgan fingerprint density at radius 3 is 2.21 bits per heavy atom. The molecule has 4 N–H and O–H groups in total. The fourth-order valence-corrected chi connectivity index (χ4v) is 1.31. The molecular weight excluding hydrogens is 176 g/mol. The fraction of sp³-hybridized carbons (Fsp3) is 0. The van der Waals surface area contributed by atoms with Gasteiger partial charge in [-0.2, -0.15) is 0 Å². The minimum atomic E-state index is 0.647. The number of hydrogen-bond acceptors (Lipinski definition) is 4. The van der Waals surface area contributed by atoms with Crippen molar-refractivity contribution in [1.82, 2.24) is 0 Å². The molecule has 0 spiro atoms. The molecule has 4 nitrogen and oxygen atoms in total. The molecule has 0 radical (unpaired) electrons. The van der Waals surface area contributed by atoms with Crippen LogP contribution in [-0.4, -0.2) is 0 Å². The van der Waals surface area contributed by atoms with Gasteiger partial charge in [-0.15, -0.1) is 0 Å². The highest BCUT2D eigenvalue weighted by atomic mass is 14.7. The lowest BCUT2D eigenvalue weighted by molar-refractivity contribution is 1.15. The van der Waals surface area contributed by atoms with Gasteiger partial charge in [0.25, 0.3) is 0 Å². The third-order valence-corrected chi connectivity index (χ3v) is 2.00. The van der Waals surface area contributed by atoms with Gasteiger partial charge in [0.15, 0.2) is 0 Å². The summed E-state index contributed by atoms with van der Waals surface area (Å²) in [4.78, 5) is 0. The molecule has 0 saturated heterocycles. The summed E-state index contributed by atoms with van der Waals surface area (Å²) in [6, 6.07) is 11.7. The quantitative estimate of drug-likeness (QED) is 0.485. The van der Waals surface area contributed by atoms with Crippen LogP contribution in [-0.2, 0) is 0 Å². The second kappa shape index (κ2) is 4.10. The maximum atomic E-state index is 6.00. The zero-order valence-corrected chi connectivity index (χ0v) is 7.51. The van der Waals surface area contributed by atoms with Crippen molar-refractivity contribution in [2.75, 3.05) is 11.5 Å². The SMILES string of the molecule is N#N.Nc1ccc2ccccc2c1N. The predicted octanol–water partition coefficient (Wildman–Crippen LogP) is 2.03. The van der Waals surface area contributed by atoms with Crippen LogP contribution in [0.15, 0.2) is 36.4 Å². The summed E-state index contributed by atoms with van der Waals surface area (Å²) in [6.45, 7) is 0. The van der Waals surface area contributed by atoms with Crippen molar-refractivity contribution < 1.29 is 0 Å². The summed E-state index contributed by atoms with van der Waals surface area (Å²) in [6.07, 6.45) is 0. The van der Waals surface area contributed by atoms with Gasteiger partial charge in [-0.1, -0.05) is 30.3 Å². The Balaban J connectivity index is 0.000000461. The zero-order chi connectivity index (χ0) is 10.6. The summed E-state index contributed by atoms with van der Waals surface area (Å²) in [5.41, 5.74) is 12.8. The molecule has 0 saturated carbocycles. The number of hydrogen-bond donors (Lipinski definition) is 2. The van der Waals surface area contributed by atoms with Crippen LogP contribution >= 0.6 is 0 Å². The van der Waals surface area contributed by atoms with Gasteiger partial charge in [-0.05, 0) is 11.5 Å². The van der Waals surface area contributed by atoms with Gasteiger partial charge in [-0.3, -0.25) is 0 Å².